The molecule has 0 aliphatic rings. The molecule has 0 amide bonds. The van der Waals surface area contributed by atoms with Gasteiger partial charge in [0.15, 0.2) is 11.5 Å². The molecule has 0 saturated heterocycles. The Morgan fingerprint density at radius 2 is 2.00 bits per heavy atom. The Morgan fingerprint density at radius 3 is 2.68 bits per heavy atom. The number of pyridine rings is 1. The fourth-order valence-electron chi connectivity index (χ4n) is 1.67. The van der Waals surface area contributed by atoms with Gasteiger partial charge in [-0.2, -0.15) is 0 Å². The molecule has 0 radical (unpaired) electrons. The van der Waals surface area contributed by atoms with Gasteiger partial charge in [0.2, 0.25) is 0 Å². The van der Waals surface area contributed by atoms with Gasteiger partial charge in [-0.05, 0) is 23.8 Å². The zero-order valence-corrected chi connectivity index (χ0v) is 10.6. The van der Waals surface area contributed by atoms with Crippen LogP contribution in [0.2, 0.25) is 0 Å². The molecule has 0 bridgehead atoms. The third kappa shape index (κ3) is 2.71. The number of carbonyl (C=O) groups is 2. The van der Waals surface area contributed by atoms with E-state index in [1.165, 1.54) is 23.7 Å². The van der Waals surface area contributed by atoms with Gasteiger partial charge in [-0.3, -0.25) is 4.79 Å². The van der Waals surface area contributed by atoms with Crippen LogP contribution in [0.1, 0.15) is 32.0 Å². The topological polar surface area (TPSA) is 67.3 Å². The molecular formula is C14H9NO3S. The molecule has 1 heterocycles. The zero-order valence-electron chi connectivity index (χ0n) is 9.74. The summed E-state index contributed by atoms with van der Waals surface area (Å²) in [5.41, 5.74) is 0.924. The van der Waals surface area contributed by atoms with Crippen molar-refractivity contribution in [2.24, 2.45) is 0 Å². The highest BCUT2D eigenvalue weighted by Gasteiger charge is 2.18. The van der Waals surface area contributed by atoms with Crippen LogP contribution in [0.4, 0.5) is 0 Å². The highest BCUT2D eigenvalue weighted by molar-refractivity contribution is 7.79. The molecule has 2 aromatic rings. The van der Waals surface area contributed by atoms with Crippen molar-refractivity contribution in [3.8, 4) is 0 Å². The molecule has 0 spiro atoms. The first-order chi connectivity index (χ1) is 9.13. The van der Waals surface area contributed by atoms with E-state index in [1.54, 1.807) is 24.3 Å². The third-order valence-electron chi connectivity index (χ3n) is 2.54. The molecule has 5 heteroatoms. The van der Waals surface area contributed by atoms with E-state index >= 15 is 0 Å². The van der Waals surface area contributed by atoms with Crippen LogP contribution in [0, 0.1) is 0 Å². The van der Waals surface area contributed by atoms with Crippen LogP contribution in [0.15, 0.2) is 42.6 Å². The average Bonchev–Trinajstić information content (AvgIpc) is 2.46. The number of nitrogens with zero attached hydrogens (tertiary/aromatic N) is 1. The standard InChI is InChI=1S/C14H9NO3S/c16-13(10-4-1-3-9(7-10)8-19)11-5-2-6-15-12(11)14(17)18/h1-8H,(H,17,18). The van der Waals surface area contributed by atoms with Crippen molar-refractivity contribution >= 4 is 29.3 Å². The van der Waals surface area contributed by atoms with Gasteiger partial charge in [0, 0.05) is 17.1 Å². The predicted octanol–water partition coefficient (Wildman–Crippen LogP) is 2.36. The smallest absolute Gasteiger partial charge is 0.355 e. The van der Waals surface area contributed by atoms with Crippen molar-refractivity contribution in [3.05, 3.63) is 65.0 Å². The summed E-state index contributed by atoms with van der Waals surface area (Å²) in [6, 6.07) is 9.68. The van der Waals surface area contributed by atoms with Gasteiger partial charge in [0.05, 0.1) is 5.56 Å². The van der Waals surface area contributed by atoms with E-state index in [1.807, 2.05) is 0 Å². The molecule has 0 fully saturated rings. The van der Waals surface area contributed by atoms with Crippen LogP contribution in [-0.4, -0.2) is 27.2 Å². The van der Waals surface area contributed by atoms with Crippen LogP contribution in [-0.2, 0) is 0 Å². The van der Waals surface area contributed by atoms with Crippen LogP contribution < -0.4 is 0 Å². The highest BCUT2D eigenvalue weighted by Crippen LogP contribution is 2.14. The first-order valence-electron chi connectivity index (χ1n) is 5.41. The maximum absolute atomic E-state index is 12.3. The fourth-order valence-corrected chi connectivity index (χ4v) is 1.81. The molecule has 0 aliphatic heterocycles. The van der Waals surface area contributed by atoms with Gasteiger partial charge >= 0.3 is 5.97 Å². The minimum atomic E-state index is -1.23. The summed E-state index contributed by atoms with van der Waals surface area (Å²) in [7, 11) is 0. The van der Waals surface area contributed by atoms with Crippen molar-refractivity contribution in [2.45, 2.75) is 0 Å². The van der Waals surface area contributed by atoms with E-state index in [0.29, 0.717) is 5.56 Å². The molecule has 0 saturated carbocycles. The Bertz CT molecular complexity index is 667. The van der Waals surface area contributed by atoms with Crippen LogP contribution in [0.3, 0.4) is 0 Å². The summed E-state index contributed by atoms with van der Waals surface area (Å²) in [5, 5.41) is 10.5. The van der Waals surface area contributed by atoms with Crippen LogP contribution >= 0.6 is 12.2 Å². The van der Waals surface area contributed by atoms with Gasteiger partial charge in [-0.15, -0.1) is 0 Å². The van der Waals surface area contributed by atoms with Crippen LogP contribution in [0.5, 0.6) is 0 Å². The lowest BCUT2D eigenvalue weighted by atomic mass is 10.0. The van der Waals surface area contributed by atoms with Gasteiger partial charge < -0.3 is 5.11 Å². The van der Waals surface area contributed by atoms with E-state index in [-0.39, 0.29) is 17.0 Å². The fraction of sp³-hybridized carbons (Fsp3) is 0. The maximum atomic E-state index is 12.3. The second-order valence-electron chi connectivity index (χ2n) is 3.78. The van der Waals surface area contributed by atoms with Crippen molar-refractivity contribution in [2.75, 3.05) is 0 Å². The van der Waals surface area contributed by atoms with Crippen molar-refractivity contribution in [1.29, 1.82) is 0 Å². The van der Waals surface area contributed by atoms with Gasteiger partial charge in [0.25, 0.3) is 0 Å². The van der Waals surface area contributed by atoms with E-state index in [4.69, 9.17) is 17.3 Å². The Morgan fingerprint density at radius 1 is 1.21 bits per heavy atom. The predicted molar refractivity (Wildman–Crippen MR) is 73.8 cm³/mol. The summed E-state index contributed by atoms with van der Waals surface area (Å²) >= 11 is 4.81. The molecule has 94 valence electrons. The lowest BCUT2D eigenvalue weighted by Crippen LogP contribution is -2.11. The first kappa shape index (κ1) is 13.0. The molecule has 2 rings (SSSR count). The number of carboxylic acids is 1. The molecule has 1 N–H and O–H groups in total. The molecule has 4 nitrogen and oxygen atoms in total. The molecule has 1 aromatic heterocycles. The van der Waals surface area contributed by atoms with E-state index in [2.05, 4.69) is 4.98 Å². The SMILES string of the molecule is O=C(c1cccc(C=S)c1)c1cccnc1C(=O)O. The van der Waals surface area contributed by atoms with Gasteiger partial charge in [-0.1, -0.05) is 30.4 Å². The minimum absolute atomic E-state index is 0.0662. The number of rotatable bonds is 4. The third-order valence-corrected chi connectivity index (χ3v) is 2.81. The number of carboxylic acid groups (broad SMARTS) is 1. The normalized spacial score (nSPS) is 9.89. The number of carbonyl (C=O) groups excluding carboxylic acids is 1. The van der Waals surface area contributed by atoms with E-state index < -0.39 is 5.97 Å². The quantitative estimate of drug-likeness (QED) is 0.683. The zero-order chi connectivity index (χ0) is 13.8. The number of ketones is 1. The Kier molecular flexibility index (Phi) is 3.77. The largest absolute Gasteiger partial charge is 0.476 e. The van der Waals surface area contributed by atoms with Crippen molar-refractivity contribution in [3.63, 3.8) is 0 Å². The Hall–Kier alpha value is -2.40. The van der Waals surface area contributed by atoms with E-state index in [9.17, 15) is 9.59 Å². The summed E-state index contributed by atoms with van der Waals surface area (Å²) in [6.45, 7) is 0. The number of hydrogen-bond acceptors (Lipinski definition) is 4. The molecular weight excluding hydrogens is 262 g/mol. The first-order valence-corrected chi connectivity index (χ1v) is 5.89. The molecule has 0 unspecified atom stereocenters. The monoisotopic (exact) mass is 271 g/mol. The lowest BCUT2D eigenvalue weighted by Gasteiger charge is -2.04. The second-order valence-corrected chi connectivity index (χ2v) is 4.01. The Balaban J connectivity index is 2.50. The van der Waals surface area contributed by atoms with E-state index in [0.717, 1.165) is 5.56 Å². The molecule has 19 heavy (non-hydrogen) atoms. The second kappa shape index (κ2) is 5.49. The average molecular weight is 271 g/mol. The number of aromatic carboxylic acids is 1. The summed E-state index contributed by atoms with van der Waals surface area (Å²) in [4.78, 5) is 27.1. The van der Waals surface area contributed by atoms with Crippen LogP contribution in [0.25, 0.3) is 0 Å². The molecule has 0 aliphatic carbocycles. The number of aromatic nitrogens is 1. The summed E-state index contributed by atoms with van der Waals surface area (Å²) < 4.78 is 0. The number of thiocarbonyl (C=S) groups is 1. The summed E-state index contributed by atoms with van der Waals surface area (Å²) in [6.07, 6.45) is 1.34. The minimum Gasteiger partial charge on any atom is -0.476 e. The van der Waals surface area contributed by atoms with Crippen molar-refractivity contribution in [1.82, 2.24) is 4.98 Å². The van der Waals surface area contributed by atoms with Gasteiger partial charge in [-0.25, -0.2) is 9.78 Å². The lowest BCUT2D eigenvalue weighted by molar-refractivity contribution is 0.0686. The number of benzene rings is 1. The number of hydrogen-bond donors (Lipinski definition) is 1. The molecule has 1 aromatic carbocycles. The van der Waals surface area contributed by atoms with Crippen molar-refractivity contribution < 1.29 is 14.7 Å². The highest BCUT2D eigenvalue weighted by atomic mass is 32.1. The molecule has 0 atom stereocenters. The maximum Gasteiger partial charge on any atom is 0.355 e. The summed E-state index contributed by atoms with van der Waals surface area (Å²) in [5.74, 6) is -1.61. The Labute approximate surface area is 114 Å². The van der Waals surface area contributed by atoms with Gasteiger partial charge in [0.1, 0.15) is 0 Å².